The number of furan rings is 1. The molecule has 0 saturated carbocycles. The van der Waals surface area contributed by atoms with Crippen LogP contribution in [-0.2, 0) is 18.4 Å². The Balaban J connectivity index is 1.49. The third-order valence-corrected chi connectivity index (χ3v) is 5.23. The van der Waals surface area contributed by atoms with Crippen molar-refractivity contribution in [3.8, 4) is 5.75 Å². The summed E-state index contributed by atoms with van der Waals surface area (Å²) in [5, 5.41) is 8.29. The molecule has 1 aromatic carbocycles. The molecular formula is C20H16Cl2N4O3S. The molecule has 7 nitrogen and oxygen atoms in total. The van der Waals surface area contributed by atoms with E-state index in [0.29, 0.717) is 44.4 Å². The van der Waals surface area contributed by atoms with Crippen LogP contribution >= 0.6 is 35.4 Å². The Bertz CT molecular complexity index is 1160. The molecule has 0 aliphatic carbocycles. The smallest absolute Gasteiger partial charge is 0.281 e. The Labute approximate surface area is 187 Å². The number of para-hydroxylation sites is 1. The number of benzene rings is 1. The minimum atomic E-state index is -0.284. The highest BCUT2D eigenvalue weighted by atomic mass is 35.5. The Hall–Kier alpha value is -2.81. The lowest BCUT2D eigenvalue weighted by molar-refractivity contribution is -0.113. The van der Waals surface area contributed by atoms with Crippen molar-refractivity contribution in [1.29, 1.82) is 0 Å². The molecule has 30 heavy (non-hydrogen) atoms. The maximum absolute atomic E-state index is 12.8. The number of aryl methyl sites for hydroxylation is 2. The number of thiocarbonyl (C=S) groups is 1. The van der Waals surface area contributed by atoms with Crippen molar-refractivity contribution in [3.05, 3.63) is 69.5 Å². The molecule has 0 atom stereocenters. The van der Waals surface area contributed by atoms with Crippen LogP contribution in [0.25, 0.3) is 6.08 Å². The third kappa shape index (κ3) is 3.94. The summed E-state index contributed by atoms with van der Waals surface area (Å²) in [6.45, 7) is 1.95. The lowest BCUT2D eigenvalue weighted by Crippen LogP contribution is -2.30. The zero-order valence-electron chi connectivity index (χ0n) is 16.0. The molecule has 4 rings (SSSR count). The first-order valence-electron chi connectivity index (χ1n) is 8.86. The summed E-state index contributed by atoms with van der Waals surface area (Å²) >= 11 is 17.5. The Morgan fingerprint density at radius 3 is 2.67 bits per heavy atom. The van der Waals surface area contributed by atoms with Crippen molar-refractivity contribution in [3.63, 3.8) is 0 Å². The van der Waals surface area contributed by atoms with E-state index in [4.69, 9.17) is 44.6 Å². The van der Waals surface area contributed by atoms with Gasteiger partial charge in [-0.3, -0.25) is 9.48 Å². The molecule has 3 aromatic rings. The van der Waals surface area contributed by atoms with Crippen LogP contribution < -0.4 is 15.0 Å². The summed E-state index contributed by atoms with van der Waals surface area (Å²) in [7, 11) is 1.78. The number of carbonyl (C=O) groups is 1. The van der Waals surface area contributed by atoms with Gasteiger partial charge < -0.3 is 14.5 Å². The third-order valence-electron chi connectivity index (χ3n) is 4.35. The molecule has 1 aliphatic heterocycles. The Kier molecular flexibility index (Phi) is 5.55. The maximum Gasteiger partial charge on any atom is 0.281 e. The number of carbonyl (C=O) groups excluding carboxylic acids is 1. The zero-order chi connectivity index (χ0) is 21.4. The van der Waals surface area contributed by atoms with Gasteiger partial charge in [0.05, 0.1) is 21.4 Å². The molecule has 0 unspecified atom stereocenters. The number of ether oxygens (including phenoxy) is 1. The predicted octanol–water partition coefficient (Wildman–Crippen LogP) is 4.47. The molecular weight excluding hydrogens is 447 g/mol. The van der Waals surface area contributed by atoms with Crippen molar-refractivity contribution >= 4 is 58.2 Å². The van der Waals surface area contributed by atoms with Crippen molar-refractivity contribution in [2.45, 2.75) is 13.5 Å². The number of anilines is 1. The van der Waals surface area contributed by atoms with Crippen LogP contribution in [-0.4, -0.2) is 20.8 Å². The van der Waals surface area contributed by atoms with Gasteiger partial charge in [-0.2, -0.15) is 5.10 Å². The highest BCUT2D eigenvalue weighted by Crippen LogP contribution is 2.33. The molecule has 154 valence electrons. The van der Waals surface area contributed by atoms with E-state index < -0.39 is 0 Å². The molecule has 3 heterocycles. The second-order valence-electron chi connectivity index (χ2n) is 6.55. The van der Waals surface area contributed by atoms with Crippen LogP contribution in [0.3, 0.4) is 0 Å². The SMILES string of the molecule is Cc1nn(C)cc1N1C(=O)/C(=C\c2ccc(COc3c(Cl)cccc3Cl)o2)NC1=S. The Morgan fingerprint density at radius 1 is 1.27 bits per heavy atom. The average Bonchev–Trinajstić information content (AvgIpc) is 3.33. The minimum absolute atomic E-state index is 0.132. The van der Waals surface area contributed by atoms with Crippen LogP contribution in [0.2, 0.25) is 10.0 Å². The second kappa shape index (κ2) is 8.14. The number of amides is 1. The normalized spacial score (nSPS) is 15.2. The van der Waals surface area contributed by atoms with Gasteiger partial charge in [-0.15, -0.1) is 0 Å². The summed E-state index contributed by atoms with van der Waals surface area (Å²) in [5.74, 6) is 1.12. The van der Waals surface area contributed by atoms with Gasteiger partial charge in [0.2, 0.25) is 0 Å². The lowest BCUT2D eigenvalue weighted by Gasteiger charge is -2.11. The predicted molar refractivity (Wildman–Crippen MR) is 119 cm³/mol. The van der Waals surface area contributed by atoms with E-state index in [1.807, 2.05) is 6.92 Å². The number of hydrogen-bond acceptors (Lipinski definition) is 5. The van der Waals surface area contributed by atoms with Crippen LogP contribution in [0.4, 0.5) is 5.69 Å². The van der Waals surface area contributed by atoms with Gasteiger partial charge in [0.1, 0.15) is 23.8 Å². The van der Waals surface area contributed by atoms with Gasteiger partial charge >= 0.3 is 0 Å². The van der Waals surface area contributed by atoms with Crippen LogP contribution in [0, 0.1) is 6.92 Å². The molecule has 1 fully saturated rings. The van der Waals surface area contributed by atoms with Crippen LogP contribution in [0.15, 0.2) is 46.6 Å². The van der Waals surface area contributed by atoms with E-state index in [9.17, 15) is 4.79 Å². The summed E-state index contributed by atoms with van der Waals surface area (Å²) in [4.78, 5) is 14.3. The number of aromatic nitrogens is 2. The fraction of sp³-hybridized carbons (Fsp3) is 0.150. The standard InChI is InChI=1S/C20H16Cl2N4O3S/c1-11-17(9-25(2)24-11)26-19(27)16(23-20(26)30)8-12-6-7-13(29-12)10-28-18-14(21)4-3-5-15(18)22/h3-9H,10H2,1-2H3,(H,23,30)/b16-8+. The van der Waals surface area contributed by atoms with E-state index in [2.05, 4.69) is 10.4 Å². The highest BCUT2D eigenvalue weighted by Gasteiger charge is 2.34. The lowest BCUT2D eigenvalue weighted by atomic mass is 10.3. The van der Waals surface area contributed by atoms with E-state index in [0.717, 1.165) is 0 Å². The number of hydrogen-bond donors (Lipinski definition) is 1. The van der Waals surface area contributed by atoms with E-state index >= 15 is 0 Å². The quantitative estimate of drug-likeness (QED) is 0.445. The molecule has 1 aliphatic rings. The van der Waals surface area contributed by atoms with Gasteiger partial charge in [0.15, 0.2) is 10.9 Å². The van der Waals surface area contributed by atoms with Crippen LogP contribution in [0.5, 0.6) is 5.75 Å². The van der Waals surface area contributed by atoms with Crippen molar-refractivity contribution in [2.75, 3.05) is 4.90 Å². The van der Waals surface area contributed by atoms with Gasteiger partial charge in [0.25, 0.3) is 5.91 Å². The molecule has 0 radical (unpaired) electrons. The first kappa shape index (κ1) is 20.5. The summed E-state index contributed by atoms with van der Waals surface area (Å²) in [6.07, 6.45) is 3.33. The summed E-state index contributed by atoms with van der Waals surface area (Å²) in [5.41, 5.74) is 1.64. The van der Waals surface area contributed by atoms with Crippen molar-refractivity contribution in [2.24, 2.45) is 7.05 Å². The maximum atomic E-state index is 12.8. The number of nitrogens with zero attached hydrogens (tertiary/aromatic N) is 3. The van der Waals surface area contributed by atoms with E-state index in [1.165, 1.54) is 4.90 Å². The first-order chi connectivity index (χ1) is 14.3. The van der Waals surface area contributed by atoms with E-state index in [1.54, 1.807) is 54.3 Å². The van der Waals surface area contributed by atoms with Gasteiger partial charge in [-0.25, -0.2) is 4.90 Å². The summed E-state index contributed by atoms with van der Waals surface area (Å²) < 4.78 is 13.0. The fourth-order valence-electron chi connectivity index (χ4n) is 3.02. The molecule has 2 aromatic heterocycles. The van der Waals surface area contributed by atoms with Gasteiger partial charge in [-0.1, -0.05) is 29.3 Å². The molecule has 1 amide bonds. The topological polar surface area (TPSA) is 72.5 Å². The molecule has 1 saturated heterocycles. The second-order valence-corrected chi connectivity index (χ2v) is 7.75. The monoisotopic (exact) mass is 462 g/mol. The zero-order valence-corrected chi connectivity index (χ0v) is 18.3. The average molecular weight is 463 g/mol. The number of nitrogens with one attached hydrogen (secondary N) is 1. The van der Waals surface area contributed by atoms with Crippen LogP contribution in [0.1, 0.15) is 17.2 Å². The van der Waals surface area contributed by atoms with Gasteiger partial charge in [0, 0.05) is 19.3 Å². The minimum Gasteiger partial charge on any atom is -0.483 e. The number of rotatable bonds is 5. The molecule has 1 N–H and O–H groups in total. The largest absolute Gasteiger partial charge is 0.483 e. The van der Waals surface area contributed by atoms with Crippen molar-refractivity contribution < 1.29 is 13.9 Å². The summed E-state index contributed by atoms with van der Waals surface area (Å²) in [6, 6.07) is 8.60. The van der Waals surface area contributed by atoms with Gasteiger partial charge in [-0.05, 0) is 43.4 Å². The Morgan fingerprint density at radius 2 is 2.00 bits per heavy atom. The van der Waals surface area contributed by atoms with E-state index in [-0.39, 0.29) is 17.6 Å². The number of halogens is 2. The van der Waals surface area contributed by atoms with Crippen molar-refractivity contribution in [1.82, 2.24) is 15.1 Å². The fourth-order valence-corrected chi connectivity index (χ4v) is 3.81. The molecule has 10 heteroatoms. The highest BCUT2D eigenvalue weighted by molar-refractivity contribution is 7.80. The molecule has 0 spiro atoms. The first-order valence-corrected chi connectivity index (χ1v) is 10.0. The molecule has 0 bridgehead atoms.